The molecular weight excluding hydrogens is 436 g/mol. The van der Waals surface area contributed by atoms with E-state index in [0.29, 0.717) is 40.9 Å². The van der Waals surface area contributed by atoms with Gasteiger partial charge in [0.15, 0.2) is 18.1 Å². The van der Waals surface area contributed by atoms with E-state index in [9.17, 15) is 14.4 Å². The van der Waals surface area contributed by atoms with Crippen LogP contribution in [0.25, 0.3) is 11.0 Å². The third-order valence-corrected chi connectivity index (χ3v) is 5.05. The van der Waals surface area contributed by atoms with Gasteiger partial charge in [-0.05, 0) is 24.3 Å². The molecule has 2 N–H and O–H groups in total. The number of hydrogen-bond donors (Lipinski definition) is 2. The first-order valence-electron chi connectivity index (χ1n) is 9.57. The van der Waals surface area contributed by atoms with Gasteiger partial charge in [0.25, 0.3) is 5.91 Å². The summed E-state index contributed by atoms with van der Waals surface area (Å²) in [6.07, 6.45) is 1.56. The summed E-state index contributed by atoms with van der Waals surface area (Å²) < 4.78 is 15.7. The Hall–Kier alpha value is -3.86. The zero-order valence-corrected chi connectivity index (χ0v) is 17.5. The Labute approximate surface area is 186 Å². The van der Waals surface area contributed by atoms with Crippen molar-refractivity contribution >= 4 is 46.4 Å². The fourth-order valence-electron chi connectivity index (χ4n) is 2.78. The van der Waals surface area contributed by atoms with Gasteiger partial charge in [0, 0.05) is 11.8 Å². The highest BCUT2D eigenvalue weighted by Gasteiger charge is 2.15. The molecule has 3 aromatic rings. The first-order valence-corrected chi connectivity index (χ1v) is 10.6. The molecule has 1 aliphatic heterocycles. The van der Waals surface area contributed by atoms with Crippen LogP contribution in [-0.4, -0.2) is 53.4 Å². The zero-order valence-electron chi connectivity index (χ0n) is 16.7. The molecule has 0 spiro atoms. The highest BCUT2D eigenvalue weighted by Crippen LogP contribution is 2.32. The van der Waals surface area contributed by atoms with Crippen molar-refractivity contribution in [3.63, 3.8) is 0 Å². The fourth-order valence-corrected chi connectivity index (χ4v) is 3.42. The Morgan fingerprint density at radius 1 is 1.03 bits per heavy atom. The maximum absolute atomic E-state index is 12.0. The molecule has 0 unspecified atom stereocenters. The number of carbonyl (C=O) groups excluding carboxylic acids is 3. The second-order valence-electron chi connectivity index (χ2n) is 6.51. The predicted octanol–water partition coefficient (Wildman–Crippen LogP) is 2.38. The van der Waals surface area contributed by atoms with Crippen LogP contribution in [0.1, 0.15) is 0 Å². The maximum Gasteiger partial charge on any atom is 0.325 e. The van der Waals surface area contributed by atoms with Crippen LogP contribution in [0.15, 0.2) is 53.7 Å². The average Bonchev–Trinajstić information content (AvgIpc) is 2.81. The Morgan fingerprint density at radius 3 is 2.66 bits per heavy atom. The number of benzene rings is 2. The van der Waals surface area contributed by atoms with Gasteiger partial charge in [0.1, 0.15) is 18.2 Å². The minimum Gasteiger partial charge on any atom is -0.486 e. The molecule has 0 fully saturated rings. The van der Waals surface area contributed by atoms with E-state index >= 15 is 0 Å². The maximum atomic E-state index is 12.0. The number of hydrogen-bond acceptors (Lipinski definition) is 9. The van der Waals surface area contributed by atoms with E-state index in [2.05, 4.69) is 20.6 Å². The van der Waals surface area contributed by atoms with E-state index in [1.807, 2.05) is 24.3 Å². The topological polar surface area (TPSA) is 129 Å². The van der Waals surface area contributed by atoms with E-state index in [4.69, 9.17) is 14.2 Å². The van der Waals surface area contributed by atoms with Crippen molar-refractivity contribution in [1.29, 1.82) is 0 Å². The van der Waals surface area contributed by atoms with Gasteiger partial charge >= 0.3 is 12.0 Å². The first kappa shape index (κ1) is 21.4. The lowest BCUT2D eigenvalue weighted by Gasteiger charge is -2.19. The number of aromatic nitrogens is 2. The number of nitrogens with one attached hydrogen (secondary N) is 2. The molecule has 1 aromatic heterocycles. The summed E-state index contributed by atoms with van der Waals surface area (Å²) in [5, 5.41) is 5.16. The number of urea groups is 1. The van der Waals surface area contributed by atoms with Crippen LogP contribution in [0.2, 0.25) is 0 Å². The third-order valence-electron chi connectivity index (χ3n) is 4.18. The van der Waals surface area contributed by atoms with Crippen molar-refractivity contribution < 1.29 is 28.6 Å². The highest BCUT2D eigenvalue weighted by atomic mass is 32.2. The molecule has 0 saturated carbocycles. The standard InChI is InChI=1S/C21H18N4O6S/c26-18(25-21(28)23-13-5-6-16-17(9-13)30-8-7-29-16)11-31-20(27)12-32-19-10-22-14-3-1-2-4-15(14)24-19/h1-6,9-10H,7-8,11-12H2,(H2,23,25,26,28). The zero-order chi connectivity index (χ0) is 22.3. The summed E-state index contributed by atoms with van der Waals surface area (Å²) in [6.45, 7) is 0.289. The van der Waals surface area contributed by atoms with Crippen LogP contribution >= 0.6 is 11.8 Å². The molecule has 10 nitrogen and oxygen atoms in total. The van der Waals surface area contributed by atoms with Crippen molar-refractivity contribution in [2.24, 2.45) is 0 Å². The molecule has 11 heteroatoms. The number of thioether (sulfide) groups is 1. The van der Waals surface area contributed by atoms with Gasteiger partial charge in [-0.3, -0.25) is 19.9 Å². The molecule has 0 radical (unpaired) electrons. The van der Waals surface area contributed by atoms with Gasteiger partial charge in [0.05, 0.1) is 23.0 Å². The van der Waals surface area contributed by atoms with Crippen LogP contribution in [0, 0.1) is 0 Å². The SMILES string of the molecule is O=C(COC(=O)CSc1cnc2ccccc2n1)NC(=O)Nc1ccc2c(c1)OCCO2. The number of anilines is 1. The van der Waals surface area contributed by atoms with Gasteiger partial charge in [0.2, 0.25) is 0 Å². The molecule has 1 aliphatic rings. The fraction of sp³-hybridized carbons (Fsp3) is 0.190. The minimum absolute atomic E-state index is 0.0519. The largest absolute Gasteiger partial charge is 0.486 e. The van der Waals surface area contributed by atoms with Crippen LogP contribution < -0.4 is 20.1 Å². The molecule has 0 atom stereocenters. The van der Waals surface area contributed by atoms with Crippen molar-refractivity contribution in [3.8, 4) is 11.5 Å². The number of ether oxygens (including phenoxy) is 3. The molecule has 0 aliphatic carbocycles. The number of imide groups is 1. The number of esters is 1. The number of fused-ring (bicyclic) bond motifs is 2. The molecule has 2 heterocycles. The van der Waals surface area contributed by atoms with Crippen LogP contribution in [-0.2, 0) is 14.3 Å². The first-order chi connectivity index (χ1) is 15.6. The van der Waals surface area contributed by atoms with E-state index < -0.39 is 24.5 Å². The van der Waals surface area contributed by atoms with Crippen molar-refractivity contribution in [2.45, 2.75) is 5.03 Å². The van der Waals surface area contributed by atoms with Crippen molar-refractivity contribution in [1.82, 2.24) is 15.3 Å². The second kappa shape index (κ2) is 9.96. The molecule has 4 rings (SSSR count). The van der Waals surface area contributed by atoms with Crippen LogP contribution in [0.5, 0.6) is 11.5 Å². The number of rotatable bonds is 6. The van der Waals surface area contributed by atoms with Crippen molar-refractivity contribution in [3.05, 3.63) is 48.7 Å². The summed E-state index contributed by atoms with van der Waals surface area (Å²) in [5.74, 6) is -0.346. The van der Waals surface area contributed by atoms with Gasteiger partial charge in [-0.1, -0.05) is 23.9 Å². The lowest BCUT2D eigenvalue weighted by atomic mass is 10.2. The highest BCUT2D eigenvalue weighted by molar-refractivity contribution is 7.99. The van der Waals surface area contributed by atoms with E-state index in [1.54, 1.807) is 24.4 Å². The molecular formula is C21H18N4O6S. The van der Waals surface area contributed by atoms with Crippen LogP contribution in [0.4, 0.5) is 10.5 Å². The number of nitrogens with zero attached hydrogens (tertiary/aromatic N) is 2. The summed E-state index contributed by atoms with van der Waals surface area (Å²) in [7, 11) is 0. The summed E-state index contributed by atoms with van der Waals surface area (Å²) >= 11 is 1.14. The van der Waals surface area contributed by atoms with Crippen molar-refractivity contribution in [2.75, 3.05) is 30.9 Å². The molecule has 2 aromatic carbocycles. The van der Waals surface area contributed by atoms with Gasteiger partial charge < -0.3 is 19.5 Å². The van der Waals surface area contributed by atoms with Gasteiger partial charge in [-0.15, -0.1) is 0 Å². The third kappa shape index (κ3) is 5.64. The normalized spacial score (nSPS) is 12.1. The minimum atomic E-state index is -0.761. The lowest BCUT2D eigenvalue weighted by molar-refractivity contribution is -0.145. The smallest absolute Gasteiger partial charge is 0.325 e. The van der Waals surface area contributed by atoms with Crippen LogP contribution in [0.3, 0.4) is 0 Å². The lowest BCUT2D eigenvalue weighted by Crippen LogP contribution is -2.37. The van der Waals surface area contributed by atoms with E-state index in [0.717, 1.165) is 17.3 Å². The number of amides is 3. The Bertz CT molecular complexity index is 1170. The molecule has 0 saturated heterocycles. The number of para-hydroxylation sites is 2. The predicted molar refractivity (Wildman–Crippen MR) is 116 cm³/mol. The molecule has 3 amide bonds. The monoisotopic (exact) mass is 454 g/mol. The summed E-state index contributed by atoms with van der Waals surface area (Å²) in [5.41, 5.74) is 1.89. The Balaban J connectivity index is 1.19. The Morgan fingerprint density at radius 2 is 1.81 bits per heavy atom. The molecule has 32 heavy (non-hydrogen) atoms. The summed E-state index contributed by atoms with van der Waals surface area (Å²) in [4.78, 5) is 44.4. The average molecular weight is 454 g/mol. The van der Waals surface area contributed by atoms with E-state index in [-0.39, 0.29) is 5.75 Å². The van der Waals surface area contributed by atoms with Gasteiger partial charge in [-0.25, -0.2) is 9.78 Å². The number of carbonyl (C=O) groups is 3. The van der Waals surface area contributed by atoms with Gasteiger partial charge in [-0.2, -0.15) is 0 Å². The molecule has 164 valence electrons. The second-order valence-corrected chi connectivity index (χ2v) is 7.50. The quantitative estimate of drug-likeness (QED) is 0.426. The Kier molecular flexibility index (Phi) is 6.66. The summed E-state index contributed by atoms with van der Waals surface area (Å²) in [6, 6.07) is 11.5. The molecule has 0 bridgehead atoms. The van der Waals surface area contributed by atoms with E-state index in [1.165, 1.54) is 0 Å².